The number of anilines is 1. The highest BCUT2D eigenvalue weighted by Crippen LogP contribution is 2.20. The zero-order valence-electron chi connectivity index (χ0n) is 15.8. The van der Waals surface area contributed by atoms with Crippen LogP contribution in [0.3, 0.4) is 0 Å². The van der Waals surface area contributed by atoms with E-state index in [1.807, 2.05) is 57.2 Å². The minimum absolute atomic E-state index is 0.644. The van der Waals surface area contributed by atoms with Crippen LogP contribution >= 0.6 is 0 Å². The van der Waals surface area contributed by atoms with Gasteiger partial charge in [0, 0.05) is 30.5 Å². The molecule has 3 heterocycles. The molecule has 0 aliphatic rings. The van der Waals surface area contributed by atoms with Crippen LogP contribution in [0.15, 0.2) is 48.7 Å². The predicted molar refractivity (Wildman–Crippen MR) is 108 cm³/mol. The van der Waals surface area contributed by atoms with Crippen LogP contribution in [-0.2, 0) is 6.54 Å². The van der Waals surface area contributed by atoms with Crippen molar-refractivity contribution >= 4 is 16.9 Å². The summed E-state index contributed by atoms with van der Waals surface area (Å²) >= 11 is 0. The molecule has 6 nitrogen and oxygen atoms in total. The van der Waals surface area contributed by atoms with Gasteiger partial charge in [0.05, 0.1) is 11.0 Å². The highest BCUT2D eigenvalue weighted by atomic mass is 15.1. The first kappa shape index (κ1) is 17.1. The number of hydrogen-bond acceptors (Lipinski definition) is 5. The lowest BCUT2D eigenvalue weighted by Gasteiger charge is -2.13. The molecule has 27 heavy (non-hydrogen) atoms. The second kappa shape index (κ2) is 7.15. The first-order valence-electron chi connectivity index (χ1n) is 9.06. The molecule has 0 aliphatic carbocycles. The fourth-order valence-electron chi connectivity index (χ4n) is 3.17. The van der Waals surface area contributed by atoms with Crippen LogP contribution in [0.1, 0.15) is 17.1 Å². The Labute approximate surface area is 158 Å². The number of aromatic nitrogens is 5. The molecule has 6 heteroatoms. The molecule has 1 N–H and O–H groups in total. The number of pyridine rings is 1. The third-order valence-corrected chi connectivity index (χ3v) is 4.76. The molecule has 0 spiro atoms. The first-order chi connectivity index (χ1) is 13.1. The van der Waals surface area contributed by atoms with Crippen molar-refractivity contribution in [2.45, 2.75) is 27.3 Å². The van der Waals surface area contributed by atoms with Gasteiger partial charge in [0.1, 0.15) is 17.3 Å². The number of nitrogens with zero attached hydrogens (tertiary/aromatic N) is 5. The lowest BCUT2D eigenvalue weighted by Crippen LogP contribution is -2.14. The molecule has 4 rings (SSSR count). The summed E-state index contributed by atoms with van der Waals surface area (Å²) in [5.74, 6) is 2.51. The maximum atomic E-state index is 4.70. The average molecular weight is 358 g/mol. The number of benzene rings is 1. The SMILES string of the molecule is Cc1nc(-c2ccccn2)nc(NCCn2c(C)nc3ccccc32)c1C. The summed E-state index contributed by atoms with van der Waals surface area (Å²) in [6.07, 6.45) is 1.76. The summed E-state index contributed by atoms with van der Waals surface area (Å²) in [7, 11) is 0. The van der Waals surface area contributed by atoms with Crippen molar-refractivity contribution in [3.8, 4) is 11.5 Å². The average Bonchev–Trinajstić information content (AvgIpc) is 3.01. The fourth-order valence-corrected chi connectivity index (χ4v) is 3.17. The van der Waals surface area contributed by atoms with Crippen molar-refractivity contribution in [1.82, 2.24) is 24.5 Å². The van der Waals surface area contributed by atoms with E-state index in [0.29, 0.717) is 5.82 Å². The monoisotopic (exact) mass is 358 g/mol. The highest BCUT2D eigenvalue weighted by molar-refractivity contribution is 5.75. The Kier molecular flexibility index (Phi) is 4.54. The Hall–Kier alpha value is -3.28. The van der Waals surface area contributed by atoms with Crippen LogP contribution < -0.4 is 5.32 Å². The zero-order valence-corrected chi connectivity index (χ0v) is 15.8. The molecule has 3 aromatic heterocycles. The van der Waals surface area contributed by atoms with E-state index in [1.54, 1.807) is 6.20 Å². The summed E-state index contributed by atoms with van der Waals surface area (Å²) in [6, 6.07) is 14.0. The van der Waals surface area contributed by atoms with Gasteiger partial charge in [0.25, 0.3) is 0 Å². The molecule has 0 radical (unpaired) electrons. The van der Waals surface area contributed by atoms with Gasteiger partial charge in [-0.1, -0.05) is 18.2 Å². The molecule has 0 bridgehead atoms. The zero-order chi connectivity index (χ0) is 18.8. The third kappa shape index (κ3) is 3.38. The van der Waals surface area contributed by atoms with Gasteiger partial charge in [-0.25, -0.2) is 15.0 Å². The minimum atomic E-state index is 0.644. The van der Waals surface area contributed by atoms with Crippen LogP contribution in [0, 0.1) is 20.8 Å². The summed E-state index contributed by atoms with van der Waals surface area (Å²) in [5, 5.41) is 3.47. The van der Waals surface area contributed by atoms with Gasteiger partial charge in [-0.3, -0.25) is 4.98 Å². The summed E-state index contributed by atoms with van der Waals surface area (Å²) < 4.78 is 2.23. The topological polar surface area (TPSA) is 68.5 Å². The number of imidazole rings is 1. The number of aryl methyl sites for hydroxylation is 2. The molecule has 4 aromatic rings. The van der Waals surface area contributed by atoms with E-state index in [9.17, 15) is 0 Å². The van der Waals surface area contributed by atoms with Gasteiger partial charge < -0.3 is 9.88 Å². The van der Waals surface area contributed by atoms with E-state index in [2.05, 4.69) is 30.9 Å². The van der Waals surface area contributed by atoms with Crippen molar-refractivity contribution in [1.29, 1.82) is 0 Å². The third-order valence-electron chi connectivity index (χ3n) is 4.76. The lowest BCUT2D eigenvalue weighted by molar-refractivity contribution is 0.719. The van der Waals surface area contributed by atoms with E-state index in [-0.39, 0.29) is 0 Å². The number of para-hydroxylation sites is 2. The highest BCUT2D eigenvalue weighted by Gasteiger charge is 2.11. The minimum Gasteiger partial charge on any atom is -0.368 e. The van der Waals surface area contributed by atoms with E-state index >= 15 is 0 Å². The van der Waals surface area contributed by atoms with Gasteiger partial charge in [-0.2, -0.15) is 0 Å². The summed E-state index contributed by atoms with van der Waals surface area (Å²) in [6.45, 7) is 7.65. The van der Waals surface area contributed by atoms with Crippen LogP contribution in [-0.4, -0.2) is 31.0 Å². The number of hydrogen-bond donors (Lipinski definition) is 1. The van der Waals surface area contributed by atoms with Crippen molar-refractivity contribution in [3.63, 3.8) is 0 Å². The molecule has 136 valence electrons. The van der Waals surface area contributed by atoms with Crippen LogP contribution in [0.25, 0.3) is 22.6 Å². The molecular formula is C21H22N6. The Bertz CT molecular complexity index is 1080. The smallest absolute Gasteiger partial charge is 0.180 e. The quantitative estimate of drug-likeness (QED) is 0.585. The van der Waals surface area contributed by atoms with Crippen LogP contribution in [0.5, 0.6) is 0 Å². The fraction of sp³-hybridized carbons (Fsp3) is 0.238. The molecule has 0 fully saturated rings. The Morgan fingerprint density at radius 1 is 0.926 bits per heavy atom. The molecule has 0 saturated carbocycles. The second-order valence-corrected chi connectivity index (χ2v) is 6.55. The van der Waals surface area contributed by atoms with Gasteiger partial charge in [-0.05, 0) is 45.0 Å². The Morgan fingerprint density at radius 3 is 2.56 bits per heavy atom. The predicted octanol–water partition coefficient (Wildman–Crippen LogP) is 3.93. The molecule has 0 aliphatic heterocycles. The maximum Gasteiger partial charge on any atom is 0.180 e. The molecule has 0 atom stereocenters. The van der Waals surface area contributed by atoms with Crippen molar-refractivity contribution < 1.29 is 0 Å². The Morgan fingerprint density at radius 2 is 1.74 bits per heavy atom. The van der Waals surface area contributed by atoms with E-state index < -0.39 is 0 Å². The van der Waals surface area contributed by atoms with Crippen LogP contribution in [0.4, 0.5) is 5.82 Å². The molecule has 0 unspecified atom stereocenters. The van der Waals surface area contributed by atoms with Crippen molar-refractivity contribution in [2.24, 2.45) is 0 Å². The first-order valence-corrected chi connectivity index (χ1v) is 9.06. The van der Waals surface area contributed by atoms with Gasteiger partial charge >= 0.3 is 0 Å². The van der Waals surface area contributed by atoms with E-state index in [4.69, 9.17) is 4.98 Å². The van der Waals surface area contributed by atoms with E-state index in [1.165, 1.54) is 0 Å². The summed E-state index contributed by atoms with van der Waals surface area (Å²) in [5.41, 5.74) is 4.97. The standard InChI is InChI=1S/C21H22N6/c1-14-15(2)24-21(18-9-6-7-11-22-18)26-20(14)23-12-13-27-16(3)25-17-8-4-5-10-19(17)27/h4-11H,12-13H2,1-3H3,(H,23,24,26). The molecule has 0 saturated heterocycles. The van der Waals surface area contributed by atoms with Crippen molar-refractivity contribution in [3.05, 3.63) is 65.7 Å². The number of fused-ring (bicyclic) bond motifs is 1. The van der Waals surface area contributed by atoms with Gasteiger partial charge in [-0.15, -0.1) is 0 Å². The van der Waals surface area contributed by atoms with Crippen LogP contribution in [0.2, 0.25) is 0 Å². The second-order valence-electron chi connectivity index (χ2n) is 6.55. The summed E-state index contributed by atoms with van der Waals surface area (Å²) in [4.78, 5) is 18.3. The Balaban J connectivity index is 1.56. The molecule has 1 aromatic carbocycles. The number of nitrogens with one attached hydrogen (secondary N) is 1. The van der Waals surface area contributed by atoms with Gasteiger partial charge in [0.2, 0.25) is 0 Å². The lowest BCUT2D eigenvalue weighted by atomic mass is 10.2. The normalized spacial score (nSPS) is 11.1. The molecule has 0 amide bonds. The largest absolute Gasteiger partial charge is 0.368 e. The van der Waals surface area contributed by atoms with E-state index in [0.717, 1.165) is 52.7 Å². The number of rotatable bonds is 5. The maximum absolute atomic E-state index is 4.70. The van der Waals surface area contributed by atoms with Gasteiger partial charge in [0.15, 0.2) is 5.82 Å². The van der Waals surface area contributed by atoms with Crippen molar-refractivity contribution in [2.75, 3.05) is 11.9 Å². The molecular weight excluding hydrogens is 336 g/mol.